The van der Waals surface area contributed by atoms with Gasteiger partial charge in [0.2, 0.25) is 5.95 Å². The van der Waals surface area contributed by atoms with Crippen molar-refractivity contribution in [3.05, 3.63) is 83.4 Å². The minimum absolute atomic E-state index is 0.00438. The van der Waals surface area contributed by atoms with Gasteiger partial charge in [0.05, 0.1) is 11.9 Å². The molecule has 0 aliphatic carbocycles. The lowest BCUT2D eigenvalue weighted by atomic mass is 10.1. The van der Waals surface area contributed by atoms with Crippen LogP contribution < -0.4 is 5.32 Å². The van der Waals surface area contributed by atoms with Gasteiger partial charge < -0.3 is 5.32 Å². The van der Waals surface area contributed by atoms with Crippen molar-refractivity contribution < 1.29 is 9.18 Å². The Kier molecular flexibility index (Phi) is 4.61. The first kappa shape index (κ1) is 15.8. The molecule has 0 fully saturated rings. The fourth-order valence-electron chi connectivity index (χ4n) is 2.29. The van der Waals surface area contributed by atoms with E-state index >= 15 is 0 Å². The number of hydrogen-bond acceptors (Lipinski definition) is 4. The Labute approximate surface area is 139 Å². The lowest BCUT2D eigenvalue weighted by molar-refractivity contribution is 0.101. The van der Waals surface area contributed by atoms with Crippen molar-refractivity contribution in [3.63, 3.8) is 0 Å². The highest BCUT2D eigenvalue weighted by molar-refractivity contribution is 5.94. The number of rotatable bonds is 5. The molecule has 5 heteroatoms. The molecule has 1 aromatic heterocycles. The van der Waals surface area contributed by atoms with Crippen molar-refractivity contribution in [1.82, 2.24) is 9.97 Å². The molecule has 0 saturated heterocycles. The van der Waals surface area contributed by atoms with Gasteiger partial charge in [-0.1, -0.05) is 30.3 Å². The number of nitrogens with one attached hydrogen (secondary N) is 1. The Bertz CT molecular complexity index is 848. The van der Waals surface area contributed by atoms with E-state index in [1.807, 2.05) is 30.3 Å². The van der Waals surface area contributed by atoms with Crippen LogP contribution in [-0.2, 0) is 6.42 Å². The van der Waals surface area contributed by atoms with E-state index in [2.05, 4.69) is 15.3 Å². The average molecular weight is 321 g/mol. The Morgan fingerprint density at radius 1 is 1.08 bits per heavy atom. The van der Waals surface area contributed by atoms with Crippen LogP contribution in [0.4, 0.5) is 16.0 Å². The summed E-state index contributed by atoms with van der Waals surface area (Å²) in [4.78, 5) is 19.5. The van der Waals surface area contributed by atoms with E-state index in [1.165, 1.54) is 6.92 Å². The molecule has 1 heterocycles. The lowest BCUT2D eigenvalue weighted by Crippen LogP contribution is -2.04. The highest BCUT2D eigenvalue weighted by atomic mass is 19.1. The third-order valence-electron chi connectivity index (χ3n) is 3.58. The second-order valence-corrected chi connectivity index (χ2v) is 5.41. The van der Waals surface area contributed by atoms with E-state index in [9.17, 15) is 9.18 Å². The topological polar surface area (TPSA) is 54.9 Å². The quantitative estimate of drug-likeness (QED) is 0.717. The summed E-state index contributed by atoms with van der Waals surface area (Å²) in [6.45, 7) is 1.52. The molecule has 0 amide bonds. The van der Waals surface area contributed by atoms with Gasteiger partial charge in [-0.2, -0.15) is 0 Å². The maximum Gasteiger partial charge on any atom is 0.227 e. The molecule has 4 nitrogen and oxygen atoms in total. The van der Waals surface area contributed by atoms with Crippen LogP contribution in [0.1, 0.15) is 28.5 Å². The fourth-order valence-corrected chi connectivity index (χ4v) is 2.29. The number of Topliss-reactive ketones (excluding diaryl/α,β-unsaturated/α-hetero) is 1. The zero-order chi connectivity index (χ0) is 16.9. The average Bonchev–Trinajstić information content (AvgIpc) is 2.59. The number of aromatic nitrogens is 2. The zero-order valence-electron chi connectivity index (χ0n) is 13.2. The van der Waals surface area contributed by atoms with Crippen LogP contribution in [0.5, 0.6) is 0 Å². The van der Waals surface area contributed by atoms with Gasteiger partial charge in [0.25, 0.3) is 0 Å². The summed E-state index contributed by atoms with van der Waals surface area (Å²) in [7, 11) is 0. The highest BCUT2D eigenvalue weighted by Crippen LogP contribution is 2.17. The van der Waals surface area contributed by atoms with E-state index in [0.29, 0.717) is 23.6 Å². The second kappa shape index (κ2) is 7.00. The molecule has 2 aromatic carbocycles. The monoisotopic (exact) mass is 321 g/mol. The van der Waals surface area contributed by atoms with Crippen LogP contribution in [0.25, 0.3) is 0 Å². The van der Waals surface area contributed by atoms with Crippen molar-refractivity contribution >= 4 is 17.4 Å². The van der Waals surface area contributed by atoms with Crippen LogP contribution >= 0.6 is 0 Å². The summed E-state index contributed by atoms with van der Waals surface area (Å²) in [5.74, 6) is -0.112. The van der Waals surface area contributed by atoms with Crippen LogP contribution in [0.3, 0.4) is 0 Å². The normalized spacial score (nSPS) is 10.4. The summed E-state index contributed by atoms with van der Waals surface area (Å²) in [5, 5.41) is 3.02. The van der Waals surface area contributed by atoms with Crippen molar-refractivity contribution in [2.45, 2.75) is 13.3 Å². The Hall–Kier alpha value is -3.08. The second-order valence-electron chi connectivity index (χ2n) is 5.41. The first-order valence-corrected chi connectivity index (χ1v) is 7.55. The lowest BCUT2D eigenvalue weighted by Gasteiger charge is -2.08. The maximum atomic E-state index is 13.9. The molecule has 0 unspecified atom stereocenters. The van der Waals surface area contributed by atoms with E-state index in [-0.39, 0.29) is 5.78 Å². The summed E-state index contributed by atoms with van der Waals surface area (Å²) in [6.07, 6.45) is 1.56. The molecule has 3 aromatic rings. The SMILES string of the molecule is CC(=O)c1ccc(Nc2ncc(F)c(Cc3ccccc3)n2)cc1. The molecule has 0 saturated carbocycles. The van der Waals surface area contributed by atoms with E-state index in [4.69, 9.17) is 0 Å². The Morgan fingerprint density at radius 3 is 2.46 bits per heavy atom. The fraction of sp³-hybridized carbons (Fsp3) is 0.105. The number of carbonyl (C=O) groups excluding carboxylic acids is 1. The van der Waals surface area contributed by atoms with Crippen molar-refractivity contribution in [2.24, 2.45) is 0 Å². The standard InChI is InChI=1S/C19H16FN3O/c1-13(24)15-7-9-16(10-8-15)22-19-21-12-17(20)18(23-19)11-14-5-3-2-4-6-14/h2-10,12H,11H2,1H3,(H,21,22,23). The van der Waals surface area contributed by atoms with Gasteiger partial charge in [-0.3, -0.25) is 4.79 Å². The molecule has 0 spiro atoms. The number of anilines is 2. The molecule has 0 atom stereocenters. The molecule has 3 rings (SSSR count). The van der Waals surface area contributed by atoms with Crippen molar-refractivity contribution in [1.29, 1.82) is 0 Å². The van der Waals surface area contributed by atoms with Crippen LogP contribution in [0.15, 0.2) is 60.8 Å². The molecule has 1 N–H and O–H groups in total. The first-order valence-electron chi connectivity index (χ1n) is 7.55. The number of hydrogen-bond donors (Lipinski definition) is 1. The molecule has 0 aliphatic heterocycles. The predicted molar refractivity (Wildman–Crippen MR) is 91.0 cm³/mol. The van der Waals surface area contributed by atoms with Gasteiger partial charge >= 0.3 is 0 Å². The Morgan fingerprint density at radius 2 is 1.79 bits per heavy atom. The third-order valence-corrected chi connectivity index (χ3v) is 3.58. The first-order chi connectivity index (χ1) is 11.6. The van der Waals surface area contributed by atoms with Gasteiger partial charge in [-0.15, -0.1) is 0 Å². The van der Waals surface area contributed by atoms with Crippen LogP contribution in [0, 0.1) is 5.82 Å². The number of carbonyl (C=O) groups is 1. The van der Waals surface area contributed by atoms with Gasteiger partial charge in [0.1, 0.15) is 0 Å². The smallest absolute Gasteiger partial charge is 0.227 e. The van der Waals surface area contributed by atoms with Crippen molar-refractivity contribution in [2.75, 3.05) is 5.32 Å². The third kappa shape index (κ3) is 3.81. The summed E-state index contributed by atoms with van der Waals surface area (Å²) in [5.41, 5.74) is 2.67. The minimum atomic E-state index is -0.434. The van der Waals surface area contributed by atoms with Crippen molar-refractivity contribution in [3.8, 4) is 0 Å². The van der Waals surface area contributed by atoms with Gasteiger partial charge in [0, 0.05) is 17.7 Å². The summed E-state index contributed by atoms with van der Waals surface area (Å²) >= 11 is 0. The number of ketones is 1. The summed E-state index contributed by atoms with van der Waals surface area (Å²) < 4.78 is 13.9. The Balaban J connectivity index is 1.79. The van der Waals surface area contributed by atoms with E-state index in [0.717, 1.165) is 17.4 Å². The molecule has 24 heavy (non-hydrogen) atoms. The van der Waals surface area contributed by atoms with Gasteiger partial charge in [-0.05, 0) is 36.8 Å². The maximum absolute atomic E-state index is 13.9. The minimum Gasteiger partial charge on any atom is -0.324 e. The molecule has 0 aliphatic rings. The van der Waals surface area contributed by atoms with Gasteiger partial charge in [-0.25, -0.2) is 14.4 Å². The predicted octanol–water partition coefficient (Wildman–Crippen LogP) is 4.15. The largest absolute Gasteiger partial charge is 0.324 e. The van der Waals surface area contributed by atoms with Crippen LogP contribution in [0.2, 0.25) is 0 Å². The van der Waals surface area contributed by atoms with E-state index < -0.39 is 5.82 Å². The number of halogens is 1. The molecular weight excluding hydrogens is 305 g/mol. The molecule has 0 radical (unpaired) electrons. The van der Waals surface area contributed by atoms with Crippen LogP contribution in [-0.4, -0.2) is 15.8 Å². The van der Waals surface area contributed by atoms with Gasteiger partial charge in [0.15, 0.2) is 11.6 Å². The summed E-state index contributed by atoms with van der Waals surface area (Å²) in [6, 6.07) is 16.6. The zero-order valence-corrected chi connectivity index (χ0v) is 13.2. The molecule has 120 valence electrons. The van der Waals surface area contributed by atoms with E-state index in [1.54, 1.807) is 24.3 Å². The highest BCUT2D eigenvalue weighted by Gasteiger charge is 2.08. The molecular formula is C19H16FN3O. The number of nitrogens with zero attached hydrogens (tertiary/aromatic N) is 2. The molecule has 0 bridgehead atoms. The number of benzene rings is 2.